The molecule has 1 atom stereocenters. The van der Waals surface area contributed by atoms with Crippen molar-refractivity contribution in [2.75, 3.05) is 51.6 Å². The van der Waals surface area contributed by atoms with Gasteiger partial charge in [-0.3, -0.25) is 4.90 Å². The summed E-state index contributed by atoms with van der Waals surface area (Å²) in [6.45, 7) is 5.06. The van der Waals surface area contributed by atoms with Crippen molar-refractivity contribution in [1.29, 1.82) is 0 Å². The molecule has 2 heterocycles. The molecular weight excluding hydrogens is 333 g/mol. The van der Waals surface area contributed by atoms with Crippen molar-refractivity contribution in [1.82, 2.24) is 14.7 Å². The van der Waals surface area contributed by atoms with Crippen molar-refractivity contribution < 1.29 is 18.0 Å². The summed E-state index contributed by atoms with van der Waals surface area (Å²) >= 11 is 0. The first-order valence-electron chi connectivity index (χ1n) is 8.49. The monoisotopic (exact) mass is 356 g/mol. The Labute approximate surface area is 145 Å². The number of hydrogen-bond donors (Lipinski definition) is 1. The van der Waals surface area contributed by atoms with Crippen molar-refractivity contribution in [2.45, 2.75) is 18.6 Å². The third-order valence-corrected chi connectivity index (χ3v) is 4.98. The van der Waals surface area contributed by atoms with Crippen molar-refractivity contribution in [2.24, 2.45) is 0 Å². The van der Waals surface area contributed by atoms with Gasteiger partial charge in [-0.2, -0.15) is 13.2 Å². The number of likely N-dealkylation sites (N-methyl/N-ethyl adjacent to an activating group) is 1. The molecule has 2 amide bonds. The molecule has 3 rings (SSSR count). The Morgan fingerprint density at radius 1 is 1.12 bits per heavy atom. The van der Waals surface area contributed by atoms with Gasteiger partial charge < -0.3 is 15.1 Å². The van der Waals surface area contributed by atoms with Gasteiger partial charge in [0.1, 0.15) is 0 Å². The molecule has 138 valence electrons. The van der Waals surface area contributed by atoms with Gasteiger partial charge in [0.25, 0.3) is 0 Å². The normalized spacial score (nSPS) is 23.0. The van der Waals surface area contributed by atoms with E-state index in [1.165, 1.54) is 18.2 Å². The number of carbonyl (C=O) groups excluding carboxylic acids is 1. The number of likely N-dealkylation sites (tertiary alicyclic amines) is 1. The Hall–Kier alpha value is -1.80. The van der Waals surface area contributed by atoms with E-state index in [1.807, 2.05) is 0 Å². The van der Waals surface area contributed by atoms with Gasteiger partial charge in [0, 0.05) is 45.3 Å². The zero-order chi connectivity index (χ0) is 18.0. The highest BCUT2D eigenvalue weighted by molar-refractivity contribution is 5.90. The van der Waals surface area contributed by atoms with Gasteiger partial charge in [-0.1, -0.05) is 12.1 Å². The number of halogens is 3. The molecule has 5 nitrogen and oxygen atoms in total. The maximum atomic E-state index is 13.0. The third kappa shape index (κ3) is 4.24. The number of benzene rings is 1. The highest BCUT2D eigenvalue weighted by Gasteiger charge is 2.35. The van der Waals surface area contributed by atoms with Crippen LogP contribution in [0.15, 0.2) is 24.3 Å². The summed E-state index contributed by atoms with van der Waals surface area (Å²) in [6.07, 6.45) is -3.63. The van der Waals surface area contributed by atoms with Crippen LogP contribution in [0.3, 0.4) is 0 Å². The number of para-hydroxylation sites is 1. The van der Waals surface area contributed by atoms with Crippen molar-refractivity contribution >= 4 is 11.7 Å². The Kier molecular flexibility index (Phi) is 5.19. The zero-order valence-electron chi connectivity index (χ0n) is 14.2. The minimum Gasteiger partial charge on any atom is -0.323 e. The van der Waals surface area contributed by atoms with Crippen LogP contribution in [0.5, 0.6) is 0 Å². The van der Waals surface area contributed by atoms with E-state index in [9.17, 15) is 18.0 Å². The molecule has 1 N–H and O–H groups in total. The Morgan fingerprint density at radius 2 is 1.80 bits per heavy atom. The second-order valence-corrected chi connectivity index (χ2v) is 6.70. The molecule has 2 aliphatic heterocycles. The highest BCUT2D eigenvalue weighted by Crippen LogP contribution is 2.34. The van der Waals surface area contributed by atoms with E-state index in [2.05, 4.69) is 22.2 Å². The second kappa shape index (κ2) is 7.21. The molecule has 1 aromatic rings. The van der Waals surface area contributed by atoms with E-state index in [-0.39, 0.29) is 11.7 Å². The molecule has 0 bridgehead atoms. The van der Waals surface area contributed by atoms with Gasteiger partial charge in [-0.25, -0.2) is 4.79 Å². The summed E-state index contributed by atoms with van der Waals surface area (Å²) in [4.78, 5) is 18.6. The minimum atomic E-state index is -4.49. The molecule has 25 heavy (non-hydrogen) atoms. The first-order chi connectivity index (χ1) is 11.8. The van der Waals surface area contributed by atoms with Crippen LogP contribution in [0, 0.1) is 0 Å². The lowest BCUT2D eigenvalue weighted by Gasteiger charge is -2.36. The summed E-state index contributed by atoms with van der Waals surface area (Å²) in [5.74, 6) is 0. The van der Waals surface area contributed by atoms with Crippen molar-refractivity contribution in [3.63, 3.8) is 0 Å². The van der Waals surface area contributed by atoms with Crippen LogP contribution in [0.25, 0.3) is 0 Å². The molecular formula is C17H23F3N4O. The number of rotatable bonds is 2. The summed E-state index contributed by atoms with van der Waals surface area (Å²) in [5, 5.41) is 2.43. The summed E-state index contributed by atoms with van der Waals surface area (Å²) in [7, 11) is 2.09. The van der Waals surface area contributed by atoms with Gasteiger partial charge in [0.15, 0.2) is 0 Å². The second-order valence-electron chi connectivity index (χ2n) is 6.70. The van der Waals surface area contributed by atoms with E-state index in [1.54, 1.807) is 4.90 Å². The van der Waals surface area contributed by atoms with Gasteiger partial charge in [-0.15, -0.1) is 0 Å². The third-order valence-electron chi connectivity index (χ3n) is 4.98. The van der Waals surface area contributed by atoms with Gasteiger partial charge >= 0.3 is 12.2 Å². The minimum absolute atomic E-state index is 0.192. The predicted octanol–water partition coefficient (Wildman–Crippen LogP) is 2.56. The number of nitrogens with zero attached hydrogens (tertiary/aromatic N) is 3. The lowest BCUT2D eigenvalue weighted by molar-refractivity contribution is -0.136. The number of urea groups is 1. The molecule has 0 unspecified atom stereocenters. The first-order valence-corrected chi connectivity index (χ1v) is 8.49. The van der Waals surface area contributed by atoms with Crippen LogP contribution in [-0.4, -0.2) is 73.1 Å². The zero-order valence-corrected chi connectivity index (χ0v) is 14.2. The van der Waals surface area contributed by atoms with Gasteiger partial charge in [0.05, 0.1) is 11.3 Å². The topological polar surface area (TPSA) is 38.8 Å². The first kappa shape index (κ1) is 18.0. The van der Waals surface area contributed by atoms with E-state index in [4.69, 9.17) is 0 Å². The number of nitrogens with one attached hydrogen (secondary N) is 1. The summed E-state index contributed by atoms with van der Waals surface area (Å²) < 4.78 is 39.1. The number of anilines is 1. The van der Waals surface area contributed by atoms with E-state index in [0.29, 0.717) is 13.1 Å². The average molecular weight is 356 g/mol. The van der Waals surface area contributed by atoms with E-state index >= 15 is 0 Å². The van der Waals surface area contributed by atoms with Crippen LogP contribution in [0.4, 0.5) is 23.7 Å². The number of hydrogen-bond acceptors (Lipinski definition) is 3. The molecule has 0 aromatic heterocycles. The largest absolute Gasteiger partial charge is 0.418 e. The fraction of sp³-hybridized carbons (Fsp3) is 0.588. The molecule has 2 saturated heterocycles. The lowest BCUT2D eigenvalue weighted by atomic mass is 10.1. The van der Waals surface area contributed by atoms with E-state index < -0.39 is 17.8 Å². The summed E-state index contributed by atoms with van der Waals surface area (Å²) in [5.41, 5.74) is -1.01. The van der Waals surface area contributed by atoms with Crippen LogP contribution in [-0.2, 0) is 6.18 Å². The molecule has 0 saturated carbocycles. The fourth-order valence-corrected chi connectivity index (χ4v) is 3.44. The van der Waals surface area contributed by atoms with Gasteiger partial charge in [0.2, 0.25) is 0 Å². The smallest absolute Gasteiger partial charge is 0.323 e. The summed E-state index contributed by atoms with van der Waals surface area (Å²) in [6, 6.07) is 4.90. The van der Waals surface area contributed by atoms with Crippen molar-refractivity contribution in [3.05, 3.63) is 29.8 Å². The molecule has 2 fully saturated rings. The van der Waals surface area contributed by atoms with Crippen LogP contribution in [0.1, 0.15) is 12.0 Å². The molecule has 0 radical (unpaired) electrons. The van der Waals surface area contributed by atoms with Crippen molar-refractivity contribution in [3.8, 4) is 0 Å². The number of alkyl halides is 3. The maximum absolute atomic E-state index is 13.0. The predicted molar refractivity (Wildman–Crippen MR) is 89.5 cm³/mol. The highest BCUT2D eigenvalue weighted by atomic mass is 19.4. The Morgan fingerprint density at radius 3 is 2.48 bits per heavy atom. The van der Waals surface area contributed by atoms with Crippen LogP contribution in [0.2, 0.25) is 0 Å². The number of amides is 2. The van der Waals surface area contributed by atoms with Crippen LogP contribution < -0.4 is 5.32 Å². The molecule has 8 heteroatoms. The molecule has 1 aromatic carbocycles. The van der Waals surface area contributed by atoms with Gasteiger partial charge in [-0.05, 0) is 25.6 Å². The molecule has 2 aliphatic rings. The Bertz CT molecular complexity index is 614. The Balaban J connectivity index is 1.60. The lowest BCUT2D eigenvalue weighted by Crippen LogP contribution is -2.50. The molecule has 0 spiro atoms. The van der Waals surface area contributed by atoms with Crippen LogP contribution >= 0.6 is 0 Å². The maximum Gasteiger partial charge on any atom is 0.418 e. The quantitative estimate of drug-likeness (QED) is 0.885. The SMILES string of the molecule is CN1CCN([C@H]2CCN(C(=O)Nc3ccccc3C(F)(F)F)C2)CC1. The molecule has 0 aliphatic carbocycles. The standard InChI is InChI=1S/C17H23F3N4O/c1-22-8-10-23(11-9-22)13-6-7-24(12-13)16(25)21-15-5-3-2-4-14(15)17(18,19)20/h2-5,13H,6-12H2,1H3,(H,21,25)/t13-/m0/s1. The average Bonchev–Trinajstić information content (AvgIpc) is 3.05. The number of carbonyl (C=O) groups is 1. The number of piperazine rings is 1. The fourth-order valence-electron chi connectivity index (χ4n) is 3.44. The van der Waals surface area contributed by atoms with E-state index in [0.717, 1.165) is 38.7 Å².